The number of carbonyl (C=O) groups is 1. The van der Waals surface area contributed by atoms with Gasteiger partial charge in [0.1, 0.15) is 11.8 Å². The summed E-state index contributed by atoms with van der Waals surface area (Å²) in [6, 6.07) is 3.43. The lowest BCUT2D eigenvalue weighted by molar-refractivity contribution is 0.112. The standard InChI is InChI=1S/C8H4N4O/c9-3-7-1-2-12-8(11-7)6(5-13)4-10-12/h1-2,4-5H. The van der Waals surface area contributed by atoms with Crippen LogP contribution in [0.1, 0.15) is 16.1 Å². The molecule has 0 unspecified atom stereocenters. The quantitative estimate of drug-likeness (QED) is 0.584. The van der Waals surface area contributed by atoms with E-state index in [4.69, 9.17) is 5.26 Å². The van der Waals surface area contributed by atoms with Crippen molar-refractivity contribution in [3.8, 4) is 6.07 Å². The maximum Gasteiger partial charge on any atom is 0.166 e. The van der Waals surface area contributed by atoms with Gasteiger partial charge in [-0.15, -0.1) is 0 Å². The number of hydrogen-bond acceptors (Lipinski definition) is 4. The van der Waals surface area contributed by atoms with Gasteiger partial charge in [-0.1, -0.05) is 0 Å². The Bertz CT molecular complexity index is 508. The fourth-order valence-corrected chi connectivity index (χ4v) is 1.03. The summed E-state index contributed by atoms with van der Waals surface area (Å²) in [4.78, 5) is 14.4. The Kier molecular flexibility index (Phi) is 1.53. The maximum atomic E-state index is 10.5. The van der Waals surface area contributed by atoms with Crippen molar-refractivity contribution in [3.63, 3.8) is 0 Å². The molecule has 0 aliphatic rings. The van der Waals surface area contributed by atoms with Crippen LogP contribution in [-0.4, -0.2) is 20.9 Å². The van der Waals surface area contributed by atoms with E-state index < -0.39 is 0 Å². The summed E-state index contributed by atoms with van der Waals surface area (Å²) < 4.78 is 1.45. The van der Waals surface area contributed by atoms with Crippen molar-refractivity contribution >= 4 is 11.9 Å². The van der Waals surface area contributed by atoms with E-state index in [0.717, 1.165) is 0 Å². The highest BCUT2D eigenvalue weighted by Gasteiger charge is 2.04. The number of rotatable bonds is 1. The molecule has 0 radical (unpaired) electrons. The molecule has 0 saturated heterocycles. The molecule has 13 heavy (non-hydrogen) atoms. The van der Waals surface area contributed by atoms with Gasteiger partial charge in [0, 0.05) is 6.20 Å². The van der Waals surface area contributed by atoms with E-state index in [1.165, 1.54) is 16.8 Å². The first-order valence-corrected chi connectivity index (χ1v) is 3.55. The van der Waals surface area contributed by atoms with E-state index >= 15 is 0 Å². The van der Waals surface area contributed by atoms with Crippen molar-refractivity contribution in [2.75, 3.05) is 0 Å². The Labute approximate surface area is 73.2 Å². The van der Waals surface area contributed by atoms with Gasteiger partial charge in [-0.25, -0.2) is 9.50 Å². The summed E-state index contributed by atoms with van der Waals surface area (Å²) in [7, 11) is 0. The van der Waals surface area contributed by atoms with Gasteiger partial charge in [0.15, 0.2) is 11.9 Å². The molecule has 5 nitrogen and oxygen atoms in total. The van der Waals surface area contributed by atoms with E-state index in [2.05, 4.69) is 10.1 Å². The van der Waals surface area contributed by atoms with Gasteiger partial charge < -0.3 is 0 Å². The van der Waals surface area contributed by atoms with Crippen molar-refractivity contribution in [2.24, 2.45) is 0 Å². The predicted octanol–water partition coefficient (Wildman–Crippen LogP) is 0.413. The number of fused-ring (bicyclic) bond motifs is 1. The lowest BCUT2D eigenvalue weighted by atomic mass is 10.3. The number of hydrogen-bond donors (Lipinski definition) is 0. The summed E-state index contributed by atoms with van der Waals surface area (Å²) in [5, 5.41) is 12.4. The van der Waals surface area contributed by atoms with Crippen LogP contribution in [0.15, 0.2) is 18.5 Å². The van der Waals surface area contributed by atoms with Crippen molar-refractivity contribution in [3.05, 3.63) is 29.7 Å². The van der Waals surface area contributed by atoms with Gasteiger partial charge >= 0.3 is 0 Å². The second-order valence-corrected chi connectivity index (χ2v) is 2.41. The van der Waals surface area contributed by atoms with Gasteiger partial charge in [-0.05, 0) is 6.07 Å². The Morgan fingerprint density at radius 2 is 2.46 bits per heavy atom. The molecule has 0 aromatic carbocycles. The SMILES string of the molecule is N#Cc1ccn2ncc(C=O)c2n1. The molecule has 0 fully saturated rings. The fourth-order valence-electron chi connectivity index (χ4n) is 1.03. The zero-order chi connectivity index (χ0) is 9.26. The smallest absolute Gasteiger partial charge is 0.166 e. The highest BCUT2D eigenvalue weighted by Crippen LogP contribution is 2.05. The molecule has 0 N–H and O–H groups in total. The zero-order valence-corrected chi connectivity index (χ0v) is 6.51. The van der Waals surface area contributed by atoms with Crippen LogP contribution < -0.4 is 0 Å². The second-order valence-electron chi connectivity index (χ2n) is 2.41. The third kappa shape index (κ3) is 1.05. The predicted molar refractivity (Wildman–Crippen MR) is 43.1 cm³/mol. The van der Waals surface area contributed by atoms with E-state index in [0.29, 0.717) is 17.5 Å². The Hall–Kier alpha value is -2.22. The van der Waals surface area contributed by atoms with Crippen LogP contribution in [0.5, 0.6) is 0 Å². The molecular weight excluding hydrogens is 168 g/mol. The molecule has 2 rings (SSSR count). The molecule has 0 aliphatic heterocycles. The van der Waals surface area contributed by atoms with Crippen LogP contribution in [-0.2, 0) is 0 Å². The molecule has 2 aromatic heterocycles. The molecule has 0 aliphatic carbocycles. The minimum absolute atomic E-state index is 0.274. The Balaban J connectivity index is 2.80. The Morgan fingerprint density at radius 1 is 1.62 bits per heavy atom. The van der Waals surface area contributed by atoms with Gasteiger partial charge in [0.25, 0.3) is 0 Å². The molecule has 0 bridgehead atoms. The van der Waals surface area contributed by atoms with E-state index in [-0.39, 0.29) is 5.69 Å². The van der Waals surface area contributed by atoms with Crippen LogP contribution in [0.4, 0.5) is 0 Å². The summed E-state index contributed by atoms with van der Waals surface area (Å²) in [6.45, 7) is 0. The average Bonchev–Trinajstić information content (AvgIpc) is 2.59. The van der Waals surface area contributed by atoms with Crippen LogP contribution in [0.3, 0.4) is 0 Å². The Morgan fingerprint density at radius 3 is 3.15 bits per heavy atom. The topological polar surface area (TPSA) is 71.1 Å². The molecule has 62 valence electrons. The summed E-state index contributed by atoms with van der Waals surface area (Å²) >= 11 is 0. The number of nitrogens with zero attached hydrogens (tertiary/aromatic N) is 4. The molecule has 0 atom stereocenters. The van der Waals surface area contributed by atoms with Crippen LogP contribution in [0, 0.1) is 11.3 Å². The third-order valence-corrected chi connectivity index (χ3v) is 1.64. The van der Waals surface area contributed by atoms with Crippen molar-refractivity contribution in [1.82, 2.24) is 14.6 Å². The zero-order valence-electron chi connectivity index (χ0n) is 6.51. The second kappa shape index (κ2) is 2.68. The molecule has 2 aromatic rings. The number of nitriles is 1. The molecule has 0 spiro atoms. The highest BCUT2D eigenvalue weighted by atomic mass is 16.1. The lowest BCUT2D eigenvalue weighted by Crippen LogP contribution is -1.92. The number of carbonyl (C=O) groups excluding carboxylic acids is 1. The molecule has 2 heterocycles. The molecule has 0 saturated carbocycles. The monoisotopic (exact) mass is 172 g/mol. The van der Waals surface area contributed by atoms with Gasteiger partial charge in [-0.2, -0.15) is 10.4 Å². The average molecular weight is 172 g/mol. The van der Waals surface area contributed by atoms with Crippen molar-refractivity contribution in [2.45, 2.75) is 0 Å². The number of aromatic nitrogens is 3. The van der Waals surface area contributed by atoms with E-state index in [9.17, 15) is 4.79 Å². The van der Waals surface area contributed by atoms with Gasteiger partial charge in [0.2, 0.25) is 0 Å². The molecule has 0 amide bonds. The van der Waals surface area contributed by atoms with E-state index in [1.807, 2.05) is 6.07 Å². The first-order valence-electron chi connectivity index (χ1n) is 3.55. The molecule has 5 heteroatoms. The lowest BCUT2D eigenvalue weighted by Gasteiger charge is -1.91. The van der Waals surface area contributed by atoms with E-state index in [1.54, 1.807) is 6.20 Å². The normalized spacial score (nSPS) is 9.77. The summed E-state index contributed by atoms with van der Waals surface area (Å²) in [5.41, 5.74) is 1.07. The first-order chi connectivity index (χ1) is 6.35. The largest absolute Gasteiger partial charge is 0.298 e. The van der Waals surface area contributed by atoms with Crippen LogP contribution in [0.25, 0.3) is 5.65 Å². The first kappa shape index (κ1) is 7.43. The maximum absolute atomic E-state index is 10.5. The number of aldehydes is 1. The fraction of sp³-hybridized carbons (Fsp3) is 0. The minimum atomic E-state index is 0.274. The molecular formula is C8H4N4O. The summed E-state index contributed by atoms with van der Waals surface area (Å²) in [5.74, 6) is 0. The van der Waals surface area contributed by atoms with Crippen LogP contribution >= 0.6 is 0 Å². The van der Waals surface area contributed by atoms with Crippen molar-refractivity contribution < 1.29 is 4.79 Å². The van der Waals surface area contributed by atoms with Gasteiger partial charge in [-0.3, -0.25) is 4.79 Å². The van der Waals surface area contributed by atoms with Gasteiger partial charge in [0.05, 0.1) is 11.8 Å². The van der Waals surface area contributed by atoms with Crippen LogP contribution in [0.2, 0.25) is 0 Å². The third-order valence-electron chi connectivity index (χ3n) is 1.64. The highest BCUT2D eigenvalue weighted by molar-refractivity contribution is 5.83. The minimum Gasteiger partial charge on any atom is -0.298 e. The summed E-state index contributed by atoms with van der Waals surface area (Å²) in [6.07, 6.45) is 3.67. The van der Waals surface area contributed by atoms with Crippen molar-refractivity contribution in [1.29, 1.82) is 5.26 Å².